The summed E-state index contributed by atoms with van der Waals surface area (Å²) in [6, 6.07) is 10.8. The van der Waals surface area contributed by atoms with Crippen LogP contribution in [0, 0.1) is 9.49 Å². The molecule has 1 aliphatic rings. The van der Waals surface area contributed by atoms with Gasteiger partial charge in [-0.1, -0.05) is 17.7 Å². The fourth-order valence-electron chi connectivity index (χ4n) is 2.09. The monoisotopic (exact) mass is 389 g/mol. The number of hydrogen-bond acceptors (Lipinski definition) is 2. The zero-order valence-corrected chi connectivity index (χ0v) is 13.4. The summed E-state index contributed by atoms with van der Waals surface area (Å²) in [7, 11) is 0. The Morgan fingerprint density at radius 1 is 1.33 bits per heavy atom. The van der Waals surface area contributed by atoms with Crippen molar-refractivity contribution >= 4 is 51.2 Å². The average molecular weight is 390 g/mol. The fraction of sp³-hybridized carbons (Fsp3) is 0.286. The highest BCUT2D eigenvalue weighted by atomic mass is 127. The van der Waals surface area contributed by atoms with Crippen molar-refractivity contribution in [3.63, 3.8) is 0 Å². The van der Waals surface area contributed by atoms with E-state index in [0.717, 1.165) is 10.9 Å². The number of halogens is 2. The normalized spacial score (nSPS) is 16.6. The molecule has 3 rings (SSSR count). The molecule has 1 aliphatic carbocycles. The van der Waals surface area contributed by atoms with Crippen LogP contribution in [-0.4, -0.2) is 0 Å². The second kappa shape index (κ2) is 5.39. The van der Waals surface area contributed by atoms with Crippen LogP contribution in [0.25, 0.3) is 0 Å². The molecule has 0 aliphatic heterocycles. The van der Waals surface area contributed by atoms with Crippen molar-refractivity contribution in [2.45, 2.75) is 18.9 Å². The smallest absolute Gasteiger partial charge is 0.0635 e. The number of hydrogen-bond donors (Lipinski definition) is 1. The van der Waals surface area contributed by atoms with Crippen LogP contribution >= 0.6 is 45.5 Å². The first-order valence-corrected chi connectivity index (χ1v) is 8.32. The van der Waals surface area contributed by atoms with Gasteiger partial charge in [0.2, 0.25) is 0 Å². The number of thiophene rings is 1. The summed E-state index contributed by atoms with van der Waals surface area (Å²) < 4.78 is 1.18. The highest BCUT2D eigenvalue weighted by Gasteiger charge is 2.33. The van der Waals surface area contributed by atoms with E-state index in [1.54, 1.807) is 0 Å². The van der Waals surface area contributed by atoms with Gasteiger partial charge in [0, 0.05) is 19.2 Å². The van der Waals surface area contributed by atoms with E-state index < -0.39 is 0 Å². The third kappa shape index (κ3) is 2.83. The lowest BCUT2D eigenvalue weighted by Gasteiger charge is -2.19. The average Bonchev–Trinajstić information content (AvgIpc) is 3.03. The molecule has 1 unspecified atom stereocenters. The maximum absolute atomic E-state index is 6.00. The van der Waals surface area contributed by atoms with Gasteiger partial charge in [-0.25, -0.2) is 0 Å². The minimum Gasteiger partial charge on any atom is -0.376 e. The maximum atomic E-state index is 6.00. The summed E-state index contributed by atoms with van der Waals surface area (Å²) in [6.07, 6.45) is 2.67. The molecule has 0 bridgehead atoms. The van der Waals surface area contributed by atoms with Crippen LogP contribution in [0.2, 0.25) is 5.02 Å². The predicted octanol–water partition coefficient (Wildman–Crippen LogP) is 5.57. The molecule has 1 aromatic carbocycles. The zero-order chi connectivity index (χ0) is 12.5. The van der Waals surface area contributed by atoms with E-state index in [2.05, 4.69) is 51.5 Å². The summed E-state index contributed by atoms with van der Waals surface area (Å²) in [5, 5.41) is 6.63. The molecule has 0 amide bonds. The van der Waals surface area contributed by atoms with E-state index in [4.69, 9.17) is 11.6 Å². The van der Waals surface area contributed by atoms with Crippen molar-refractivity contribution in [1.29, 1.82) is 0 Å². The van der Waals surface area contributed by atoms with Crippen molar-refractivity contribution in [3.05, 3.63) is 49.2 Å². The highest BCUT2D eigenvalue weighted by Crippen LogP contribution is 2.44. The van der Waals surface area contributed by atoms with Crippen LogP contribution in [0.1, 0.15) is 23.8 Å². The Hall–Kier alpha value is -0.260. The van der Waals surface area contributed by atoms with Crippen LogP contribution < -0.4 is 5.32 Å². The summed E-state index contributed by atoms with van der Waals surface area (Å²) >= 11 is 10.2. The molecule has 4 heteroatoms. The summed E-state index contributed by atoms with van der Waals surface area (Å²) in [4.78, 5) is 1.43. The van der Waals surface area contributed by atoms with E-state index in [1.165, 1.54) is 27.0 Å². The number of nitrogens with one attached hydrogen (secondary N) is 1. The fourth-order valence-corrected chi connectivity index (χ4v) is 3.99. The summed E-state index contributed by atoms with van der Waals surface area (Å²) in [5.41, 5.74) is 1.19. The van der Waals surface area contributed by atoms with Gasteiger partial charge >= 0.3 is 0 Å². The zero-order valence-electron chi connectivity index (χ0n) is 9.70. The van der Waals surface area contributed by atoms with Gasteiger partial charge in [0.1, 0.15) is 0 Å². The molecule has 18 heavy (non-hydrogen) atoms. The Bertz CT molecular complexity index is 537. The summed E-state index contributed by atoms with van der Waals surface area (Å²) in [6.45, 7) is 0. The standard InChI is InChI=1S/C14H13ClINS/c15-10-5-6-12(11(16)8-10)17-14(9-3-4-9)13-2-1-7-18-13/h1-2,5-9,14,17H,3-4H2. The molecule has 1 N–H and O–H groups in total. The van der Waals surface area contributed by atoms with E-state index in [-0.39, 0.29) is 0 Å². The quantitative estimate of drug-likeness (QED) is 0.674. The van der Waals surface area contributed by atoms with E-state index >= 15 is 0 Å². The van der Waals surface area contributed by atoms with Gasteiger partial charge in [-0.15, -0.1) is 11.3 Å². The molecule has 0 spiro atoms. The lowest BCUT2D eigenvalue weighted by atomic mass is 10.1. The molecule has 1 aromatic heterocycles. The van der Waals surface area contributed by atoms with Crippen LogP contribution in [0.3, 0.4) is 0 Å². The SMILES string of the molecule is Clc1ccc(NC(c2cccs2)C2CC2)c(I)c1. The molecule has 94 valence electrons. The van der Waals surface area contributed by atoms with Crippen molar-refractivity contribution in [3.8, 4) is 0 Å². The van der Waals surface area contributed by atoms with Crippen LogP contribution in [-0.2, 0) is 0 Å². The van der Waals surface area contributed by atoms with Crippen LogP contribution in [0.15, 0.2) is 35.7 Å². The number of anilines is 1. The largest absolute Gasteiger partial charge is 0.376 e. The lowest BCUT2D eigenvalue weighted by Crippen LogP contribution is -2.12. The van der Waals surface area contributed by atoms with Gasteiger partial charge in [-0.05, 0) is 71.0 Å². The van der Waals surface area contributed by atoms with Gasteiger partial charge in [-0.3, -0.25) is 0 Å². The van der Waals surface area contributed by atoms with Gasteiger partial charge in [0.15, 0.2) is 0 Å². The second-order valence-corrected chi connectivity index (χ2v) is 7.18. The molecular weight excluding hydrogens is 377 g/mol. The van der Waals surface area contributed by atoms with Crippen molar-refractivity contribution < 1.29 is 0 Å². The minimum absolute atomic E-state index is 0.458. The van der Waals surface area contributed by atoms with Crippen molar-refractivity contribution in [2.24, 2.45) is 5.92 Å². The molecule has 0 saturated heterocycles. The molecule has 1 heterocycles. The van der Waals surface area contributed by atoms with Gasteiger partial charge in [-0.2, -0.15) is 0 Å². The maximum Gasteiger partial charge on any atom is 0.0635 e. The van der Waals surface area contributed by atoms with Crippen molar-refractivity contribution in [2.75, 3.05) is 5.32 Å². The van der Waals surface area contributed by atoms with E-state index in [9.17, 15) is 0 Å². The number of rotatable bonds is 4. The first-order valence-electron chi connectivity index (χ1n) is 5.99. The first kappa shape index (κ1) is 12.8. The Balaban J connectivity index is 1.84. The third-order valence-electron chi connectivity index (χ3n) is 3.19. The molecule has 2 aromatic rings. The molecule has 1 atom stereocenters. The topological polar surface area (TPSA) is 12.0 Å². The lowest BCUT2D eigenvalue weighted by molar-refractivity contribution is 0.690. The summed E-state index contributed by atoms with van der Waals surface area (Å²) in [5.74, 6) is 0.787. The Labute approximate surface area is 130 Å². The molecule has 1 nitrogen and oxygen atoms in total. The van der Waals surface area contributed by atoms with Crippen LogP contribution in [0.4, 0.5) is 5.69 Å². The third-order valence-corrected chi connectivity index (χ3v) is 5.27. The molecule has 1 fully saturated rings. The van der Waals surface area contributed by atoms with Crippen LogP contribution in [0.5, 0.6) is 0 Å². The Morgan fingerprint density at radius 2 is 2.17 bits per heavy atom. The van der Waals surface area contributed by atoms with Gasteiger partial charge in [0.05, 0.1) is 6.04 Å². The molecular formula is C14H13ClINS. The first-order chi connectivity index (χ1) is 8.74. The minimum atomic E-state index is 0.458. The Morgan fingerprint density at radius 3 is 2.78 bits per heavy atom. The predicted molar refractivity (Wildman–Crippen MR) is 87.6 cm³/mol. The van der Waals surface area contributed by atoms with Gasteiger partial charge in [0.25, 0.3) is 0 Å². The van der Waals surface area contributed by atoms with Gasteiger partial charge < -0.3 is 5.32 Å². The van der Waals surface area contributed by atoms with E-state index in [0.29, 0.717) is 6.04 Å². The van der Waals surface area contributed by atoms with Crippen molar-refractivity contribution in [1.82, 2.24) is 0 Å². The van der Waals surface area contributed by atoms with E-state index in [1.807, 2.05) is 23.5 Å². The highest BCUT2D eigenvalue weighted by molar-refractivity contribution is 14.1. The molecule has 1 saturated carbocycles. The molecule has 0 radical (unpaired) electrons. The number of benzene rings is 1. The Kier molecular flexibility index (Phi) is 3.82. The second-order valence-electron chi connectivity index (χ2n) is 4.60.